The number of H-pyrrole nitrogens is 1. The van der Waals surface area contributed by atoms with Crippen molar-refractivity contribution in [2.75, 3.05) is 13.2 Å². The molecule has 0 aliphatic rings. The Hall–Kier alpha value is -1.81. The third-order valence-electron chi connectivity index (χ3n) is 2.17. The SMILES string of the molecule is NCCOC(=O)c1cccc2[nH]ccc12. The Labute approximate surface area is 87.0 Å². The van der Waals surface area contributed by atoms with Crippen LogP contribution in [0.5, 0.6) is 0 Å². The number of aromatic nitrogens is 1. The largest absolute Gasteiger partial charge is 0.461 e. The molecule has 78 valence electrons. The Morgan fingerprint density at radius 1 is 1.40 bits per heavy atom. The van der Waals surface area contributed by atoms with Crippen molar-refractivity contribution in [3.63, 3.8) is 0 Å². The summed E-state index contributed by atoms with van der Waals surface area (Å²) in [6, 6.07) is 7.33. The number of nitrogens with one attached hydrogen (secondary N) is 1. The third kappa shape index (κ3) is 1.85. The first-order chi connectivity index (χ1) is 7.33. The Bertz CT molecular complexity index is 476. The fourth-order valence-corrected chi connectivity index (χ4v) is 1.49. The van der Waals surface area contributed by atoms with Gasteiger partial charge in [0.05, 0.1) is 5.56 Å². The van der Waals surface area contributed by atoms with E-state index in [2.05, 4.69) is 4.98 Å². The van der Waals surface area contributed by atoms with Crippen LogP contribution >= 0.6 is 0 Å². The number of rotatable bonds is 3. The van der Waals surface area contributed by atoms with E-state index in [1.807, 2.05) is 18.2 Å². The molecule has 0 bridgehead atoms. The average Bonchev–Trinajstić information content (AvgIpc) is 2.73. The van der Waals surface area contributed by atoms with Crippen LogP contribution in [0.3, 0.4) is 0 Å². The minimum atomic E-state index is -0.328. The molecule has 0 radical (unpaired) electrons. The van der Waals surface area contributed by atoms with Crippen molar-refractivity contribution in [3.8, 4) is 0 Å². The molecular weight excluding hydrogens is 192 g/mol. The number of aromatic amines is 1. The van der Waals surface area contributed by atoms with Crippen LogP contribution < -0.4 is 5.73 Å². The van der Waals surface area contributed by atoms with Crippen molar-refractivity contribution in [2.45, 2.75) is 0 Å². The van der Waals surface area contributed by atoms with E-state index in [0.717, 1.165) is 10.9 Å². The molecule has 1 aromatic heterocycles. The normalized spacial score (nSPS) is 10.5. The number of carbonyl (C=O) groups is 1. The molecule has 2 rings (SSSR count). The number of benzene rings is 1. The summed E-state index contributed by atoms with van der Waals surface area (Å²) in [6.07, 6.45) is 1.80. The zero-order valence-corrected chi connectivity index (χ0v) is 8.19. The van der Waals surface area contributed by atoms with Crippen molar-refractivity contribution >= 4 is 16.9 Å². The van der Waals surface area contributed by atoms with Gasteiger partial charge in [0.2, 0.25) is 0 Å². The Morgan fingerprint density at radius 3 is 3.07 bits per heavy atom. The quantitative estimate of drug-likeness (QED) is 0.740. The smallest absolute Gasteiger partial charge is 0.338 e. The van der Waals surface area contributed by atoms with E-state index in [9.17, 15) is 4.79 Å². The summed E-state index contributed by atoms with van der Waals surface area (Å²) < 4.78 is 4.98. The molecule has 4 heteroatoms. The second kappa shape index (κ2) is 4.14. The lowest BCUT2D eigenvalue weighted by Crippen LogP contribution is -2.13. The molecule has 0 aliphatic heterocycles. The van der Waals surface area contributed by atoms with E-state index < -0.39 is 0 Å². The zero-order chi connectivity index (χ0) is 10.7. The summed E-state index contributed by atoms with van der Waals surface area (Å²) in [7, 11) is 0. The first kappa shape index (κ1) is 9.73. The highest BCUT2D eigenvalue weighted by Crippen LogP contribution is 2.17. The maximum atomic E-state index is 11.6. The molecule has 0 saturated carbocycles. The third-order valence-corrected chi connectivity index (χ3v) is 2.17. The van der Waals surface area contributed by atoms with Crippen molar-refractivity contribution in [3.05, 3.63) is 36.0 Å². The maximum absolute atomic E-state index is 11.6. The van der Waals surface area contributed by atoms with Gasteiger partial charge >= 0.3 is 5.97 Å². The number of ether oxygens (including phenoxy) is 1. The lowest BCUT2D eigenvalue weighted by molar-refractivity contribution is 0.0519. The molecule has 2 aromatic rings. The summed E-state index contributed by atoms with van der Waals surface area (Å²) in [4.78, 5) is 14.7. The van der Waals surface area contributed by atoms with Crippen LogP contribution in [0, 0.1) is 0 Å². The van der Waals surface area contributed by atoms with Gasteiger partial charge in [-0.25, -0.2) is 4.79 Å². The molecule has 0 unspecified atom stereocenters. The number of carbonyl (C=O) groups excluding carboxylic acids is 1. The zero-order valence-electron chi connectivity index (χ0n) is 8.19. The van der Waals surface area contributed by atoms with Gasteiger partial charge in [0.1, 0.15) is 6.61 Å². The Kier molecular flexibility index (Phi) is 2.69. The fraction of sp³-hybridized carbons (Fsp3) is 0.182. The molecule has 0 amide bonds. The highest BCUT2D eigenvalue weighted by atomic mass is 16.5. The summed E-state index contributed by atoms with van der Waals surface area (Å²) in [6.45, 7) is 0.592. The first-order valence-electron chi connectivity index (χ1n) is 4.76. The van der Waals surface area contributed by atoms with Crippen LogP contribution in [-0.2, 0) is 4.74 Å². The van der Waals surface area contributed by atoms with Crippen LogP contribution in [0.2, 0.25) is 0 Å². The van der Waals surface area contributed by atoms with Crippen molar-refractivity contribution in [1.82, 2.24) is 4.98 Å². The molecule has 0 atom stereocenters. The van der Waals surface area contributed by atoms with E-state index in [0.29, 0.717) is 12.1 Å². The molecule has 0 fully saturated rings. The van der Waals surface area contributed by atoms with Gasteiger partial charge in [-0.15, -0.1) is 0 Å². The highest BCUT2D eigenvalue weighted by Gasteiger charge is 2.10. The van der Waals surface area contributed by atoms with Gasteiger partial charge in [-0.2, -0.15) is 0 Å². The number of nitrogens with two attached hydrogens (primary N) is 1. The van der Waals surface area contributed by atoms with Gasteiger partial charge in [-0.05, 0) is 18.2 Å². The van der Waals surface area contributed by atoms with Crippen LogP contribution in [0.1, 0.15) is 10.4 Å². The molecule has 15 heavy (non-hydrogen) atoms. The second-order valence-electron chi connectivity index (χ2n) is 3.17. The van der Waals surface area contributed by atoms with Crippen LogP contribution in [-0.4, -0.2) is 24.1 Å². The highest BCUT2D eigenvalue weighted by molar-refractivity contribution is 6.03. The van der Waals surface area contributed by atoms with Gasteiger partial charge in [-0.3, -0.25) is 0 Å². The number of esters is 1. The molecule has 4 nitrogen and oxygen atoms in total. The fourth-order valence-electron chi connectivity index (χ4n) is 1.49. The molecule has 3 N–H and O–H groups in total. The molecule has 1 aromatic carbocycles. The van der Waals surface area contributed by atoms with Gasteiger partial charge in [0, 0.05) is 23.6 Å². The summed E-state index contributed by atoms with van der Waals surface area (Å²) in [5.41, 5.74) is 6.76. The number of hydrogen-bond acceptors (Lipinski definition) is 3. The predicted molar refractivity (Wildman–Crippen MR) is 57.6 cm³/mol. The van der Waals surface area contributed by atoms with Crippen molar-refractivity contribution in [1.29, 1.82) is 0 Å². The van der Waals surface area contributed by atoms with Crippen LogP contribution in [0.4, 0.5) is 0 Å². The van der Waals surface area contributed by atoms with E-state index in [1.165, 1.54) is 0 Å². The van der Waals surface area contributed by atoms with E-state index >= 15 is 0 Å². The molecule has 0 spiro atoms. The predicted octanol–water partition coefficient (Wildman–Crippen LogP) is 1.28. The van der Waals surface area contributed by atoms with E-state index in [4.69, 9.17) is 10.5 Å². The van der Waals surface area contributed by atoms with Crippen molar-refractivity contribution in [2.24, 2.45) is 5.73 Å². The molecular formula is C11H12N2O2. The lowest BCUT2D eigenvalue weighted by atomic mass is 10.1. The molecule has 0 saturated heterocycles. The van der Waals surface area contributed by atoms with Gasteiger partial charge in [-0.1, -0.05) is 6.07 Å². The Morgan fingerprint density at radius 2 is 2.27 bits per heavy atom. The first-order valence-corrected chi connectivity index (χ1v) is 4.76. The minimum absolute atomic E-state index is 0.250. The summed E-state index contributed by atoms with van der Waals surface area (Å²) >= 11 is 0. The average molecular weight is 204 g/mol. The van der Waals surface area contributed by atoms with E-state index in [-0.39, 0.29) is 12.6 Å². The minimum Gasteiger partial charge on any atom is -0.461 e. The standard InChI is InChI=1S/C11H12N2O2/c12-5-7-15-11(14)9-2-1-3-10-8(9)4-6-13-10/h1-4,6,13H,5,7,12H2. The Balaban J connectivity index is 2.34. The number of fused-ring (bicyclic) bond motifs is 1. The van der Waals surface area contributed by atoms with Crippen LogP contribution in [0.25, 0.3) is 10.9 Å². The second-order valence-corrected chi connectivity index (χ2v) is 3.17. The summed E-state index contributed by atoms with van der Waals surface area (Å²) in [5, 5.41) is 0.875. The lowest BCUT2D eigenvalue weighted by Gasteiger charge is -2.03. The van der Waals surface area contributed by atoms with Gasteiger partial charge in [0.25, 0.3) is 0 Å². The summed E-state index contributed by atoms with van der Waals surface area (Å²) in [5.74, 6) is -0.328. The topological polar surface area (TPSA) is 68.1 Å². The van der Waals surface area contributed by atoms with Crippen LogP contribution in [0.15, 0.2) is 30.5 Å². The molecule has 1 heterocycles. The maximum Gasteiger partial charge on any atom is 0.338 e. The van der Waals surface area contributed by atoms with Gasteiger partial charge in [0.15, 0.2) is 0 Å². The monoisotopic (exact) mass is 204 g/mol. The van der Waals surface area contributed by atoms with Crippen molar-refractivity contribution < 1.29 is 9.53 Å². The van der Waals surface area contributed by atoms with E-state index in [1.54, 1.807) is 12.3 Å². The molecule has 0 aliphatic carbocycles. The number of hydrogen-bond donors (Lipinski definition) is 2. The van der Waals surface area contributed by atoms with Gasteiger partial charge < -0.3 is 15.5 Å².